The molecule has 0 saturated heterocycles. The van der Waals surface area contributed by atoms with Crippen LogP contribution in [0.15, 0.2) is 42.7 Å². The Labute approximate surface area is 138 Å². The second kappa shape index (κ2) is 6.30. The fourth-order valence-electron chi connectivity index (χ4n) is 2.39. The Hall–Kier alpha value is -3.53. The molecule has 0 amide bonds. The van der Waals surface area contributed by atoms with Gasteiger partial charge in [-0.15, -0.1) is 10.2 Å². The minimum atomic E-state index is -0.500. The predicted octanol–water partition coefficient (Wildman–Crippen LogP) is 2.30. The Morgan fingerprint density at radius 1 is 1.29 bits per heavy atom. The van der Waals surface area contributed by atoms with Crippen LogP contribution in [-0.2, 0) is 4.74 Å². The van der Waals surface area contributed by atoms with Gasteiger partial charge in [-0.05, 0) is 37.3 Å². The second-order valence-electron chi connectivity index (χ2n) is 4.97. The number of esters is 1. The van der Waals surface area contributed by atoms with Crippen LogP contribution >= 0.6 is 0 Å². The summed E-state index contributed by atoms with van der Waals surface area (Å²) in [5.74, 6) is -0.500. The SMILES string of the molecule is COC(=O)c1cccn1-c1cc(-c2cccnc2C)nnc1C#N. The van der Waals surface area contributed by atoms with Crippen molar-refractivity contribution in [1.29, 1.82) is 5.26 Å². The summed E-state index contributed by atoms with van der Waals surface area (Å²) < 4.78 is 6.34. The van der Waals surface area contributed by atoms with Crippen molar-refractivity contribution in [3.05, 3.63) is 59.8 Å². The standard InChI is InChI=1S/C17H13N5O2/c1-11-12(5-3-7-19-11)13-9-16(14(10-18)21-20-13)22-8-4-6-15(22)17(23)24-2/h3-9H,1-2H3. The van der Waals surface area contributed by atoms with Gasteiger partial charge in [0.15, 0.2) is 5.69 Å². The molecular formula is C17H13N5O2. The van der Waals surface area contributed by atoms with E-state index >= 15 is 0 Å². The van der Waals surface area contributed by atoms with Crippen molar-refractivity contribution in [3.8, 4) is 23.0 Å². The Bertz CT molecular complexity index is 956. The molecule has 3 aromatic rings. The Morgan fingerprint density at radius 3 is 2.83 bits per heavy atom. The lowest BCUT2D eigenvalue weighted by Gasteiger charge is -2.11. The Kier molecular flexibility index (Phi) is 4.03. The van der Waals surface area contributed by atoms with E-state index in [4.69, 9.17) is 4.74 Å². The zero-order valence-corrected chi connectivity index (χ0v) is 13.1. The summed E-state index contributed by atoms with van der Waals surface area (Å²) in [4.78, 5) is 16.1. The van der Waals surface area contributed by atoms with Crippen molar-refractivity contribution in [2.24, 2.45) is 0 Å². The molecule has 0 unspecified atom stereocenters. The van der Waals surface area contributed by atoms with Gasteiger partial charge in [0.05, 0.1) is 18.5 Å². The first-order chi connectivity index (χ1) is 11.7. The number of pyridine rings is 1. The van der Waals surface area contributed by atoms with Gasteiger partial charge in [0, 0.05) is 23.7 Å². The van der Waals surface area contributed by atoms with Crippen LogP contribution < -0.4 is 0 Å². The van der Waals surface area contributed by atoms with Crippen LogP contribution in [0, 0.1) is 18.3 Å². The van der Waals surface area contributed by atoms with Crippen molar-refractivity contribution in [1.82, 2.24) is 19.7 Å². The molecule has 0 aliphatic rings. The van der Waals surface area contributed by atoms with E-state index in [2.05, 4.69) is 15.2 Å². The quantitative estimate of drug-likeness (QED) is 0.688. The minimum absolute atomic E-state index is 0.113. The van der Waals surface area contributed by atoms with E-state index in [0.29, 0.717) is 17.1 Å². The van der Waals surface area contributed by atoms with Crippen molar-refractivity contribution >= 4 is 5.97 Å². The van der Waals surface area contributed by atoms with Crippen LogP contribution in [0.2, 0.25) is 0 Å². The molecule has 0 bridgehead atoms. The maximum atomic E-state index is 11.9. The summed E-state index contributed by atoms with van der Waals surface area (Å²) in [7, 11) is 1.31. The first-order valence-electron chi connectivity index (χ1n) is 7.11. The highest BCUT2D eigenvalue weighted by Crippen LogP contribution is 2.24. The number of carbonyl (C=O) groups is 1. The second-order valence-corrected chi connectivity index (χ2v) is 4.97. The zero-order chi connectivity index (χ0) is 17.1. The lowest BCUT2D eigenvalue weighted by atomic mass is 10.1. The number of nitrogens with zero attached hydrogens (tertiary/aromatic N) is 5. The molecule has 0 N–H and O–H groups in total. The number of aromatic nitrogens is 4. The molecule has 0 saturated carbocycles. The van der Waals surface area contributed by atoms with E-state index in [1.807, 2.05) is 19.1 Å². The van der Waals surface area contributed by atoms with Crippen molar-refractivity contribution in [2.45, 2.75) is 6.92 Å². The van der Waals surface area contributed by atoms with Gasteiger partial charge in [0.2, 0.25) is 0 Å². The number of rotatable bonds is 3. The number of hydrogen-bond donors (Lipinski definition) is 0. The number of carbonyl (C=O) groups excluding carboxylic acids is 1. The third-order valence-electron chi connectivity index (χ3n) is 3.57. The number of methoxy groups -OCH3 is 1. The van der Waals surface area contributed by atoms with Crippen LogP contribution in [0.4, 0.5) is 0 Å². The lowest BCUT2D eigenvalue weighted by molar-refractivity contribution is 0.0591. The molecule has 3 aromatic heterocycles. The molecule has 0 spiro atoms. The highest BCUT2D eigenvalue weighted by Gasteiger charge is 2.17. The fraction of sp³-hybridized carbons (Fsp3) is 0.118. The summed E-state index contributed by atoms with van der Waals surface area (Å²) in [5, 5.41) is 17.4. The van der Waals surface area contributed by atoms with Gasteiger partial charge in [-0.25, -0.2) is 4.79 Å². The van der Waals surface area contributed by atoms with Gasteiger partial charge in [-0.3, -0.25) is 4.98 Å². The molecule has 7 nitrogen and oxygen atoms in total. The average molecular weight is 319 g/mol. The minimum Gasteiger partial charge on any atom is -0.464 e. The summed E-state index contributed by atoms with van der Waals surface area (Å²) in [6, 6.07) is 10.7. The van der Waals surface area contributed by atoms with Gasteiger partial charge in [0.25, 0.3) is 0 Å². The largest absolute Gasteiger partial charge is 0.464 e. The van der Waals surface area contributed by atoms with Gasteiger partial charge in [-0.2, -0.15) is 5.26 Å². The van der Waals surface area contributed by atoms with Crippen molar-refractivity contribution < 1.29 is 9.53 Å². The van der Waals surface area contributed by atoms with Gasteiger partial charge in [0.1, 0.15) is 11.8 Å². The molecule has 0 aromatic carbocycles. The average Bonchev–Trinajstić information content (AvgIpc) is 3.10. The third kappa shape index (κ3) is 2.61. The molecule has 0 fully saturated rings. The lowest BCUT2D eigenvalue weighted by Crippen LogP contribution is -2.11. The van der Waals surface area contributed by atoms with Crippen LogP contribution in [0.1, 0.15) is 21.9 Å². The first-order valence-corrected chi connectivity index (χ1v) is 7.11. The summed E-state index contributed by atoms with van der Waals surface area (Å²) in [6.45, 7) is 1.87. The Morgan fingerprint density at radius 2 is 2.12 bits per heavy atom. The smallest absolute Gasteiger partial charge is 0.355 e. The van der Waals surface area contributed by atoms with E-state index in [1.54, 1.807) is 41.2 Å². The van der Waals surface area contributed by atoms with Crippen LogP contribution in [0.5, 0.6) is 0 Å². The maximum absolute atomic E-state index is 11.9. The first kappa shape index (κ1) is 15.4. The van der Waals surface area contributed by atoms with Crippen molar-refractivity contribution in [2.75, 3.05) is 7.11 Å². The van der Waals surface area contributed by atoms with Gasteiger partial charge < -0.3 is 9.30 Å². The fourth-order valence-corrected chi connectivity index (χ4v) is 2.39. The van der Waals surface area contributed by atoms with Gasteiger partial charge >= 0.3 is 5.97 Å². The van der Waals surface area contributed by atoms with Crippen LogP contribution in [0.25, 0.3) is 16.9 Å². The van der Waals surface area contributed by atoms with Crippen molar-refractivity contribution in [3.63, 3.8) is 0 Å². The predicted molar refractivity (Wildman–Crippen MR) is 85.4 cm³/mol. The number of aryl methyl sites for hydroxylation is 1. The zero-order valence-electron chi connectivity index (χ0n) is 13.1. The third-order valence-corrected chi connectivity index (χ3v) is 3.57. The Balaban J connectivity index is 2.20. The summed E-state index contributed by atoms with van der Waals surface area (Å²) in [6.07, 6.45) is 3.36. The molecule has 3 rings (SSSR count). The van der Waals surface area contributed by atoms with Gasteiger partial charge in [-0.1, -0.05) is 0 Å². The van der Waals surface area contributed by atoms with E-state index in [9.17, 15) is 10.1 Å². The molecule has 24 heavy (non-hydrogen) atoms. The van der Waals surface area contributed by atoms with E-state index in [-0.39, 0.29) is 5.69 Å². The monoisotopic (exact) mass is 319 g/mol. The maximum Gasteiger partial charge on any atom is 0.355 e. The van der Waals surface area contributed by atoms with E-state index in [0.717, 1.165) is 11.3 Å². The molecule has 0 aliphatic heterocycles. The summed E-state index contributed by atoms with van der Waals surface area (Å²) >= 11 is 0. The van der Waals surface area contributed by atoms with Crippen LogP contribution in [-0.4, -0.2) is 32.8 Å². The molecule has 3 heterocycles. The highest BCUT2D eigenvalue weighted by molar-refractivity contribution is 5.88. The summed E-state index contributed by atoms with van der Waals surface area (Å²) in [5.41, 5.74) is 3.04. The molecular weight excluding hydrogens is 306 g/mol. The molecule has 118 valence electrons. The topological polar surface area (TPSA) is 93.7 Å². The molecule has 0 atom stereocenters. The molecule has 0 radical (unpaired) electrons. The highest BCUT2D eigenvalue weighted by atomic mass is 16.5. The molecule has 0 aliphatic carbocycles. The molecule has 7 heteroatoms. The number of ether oxygens (including phenoxy) is 1. The number of hydrogen-bond acceptors (Lipinski definition) is 6. The van der Waals surface area contributed by atoms with Crippen LogP contribution in [0.3, 0.4) is 0 Å². The normalized spacial score (nSPS) is 10.2. The van der Waals surface area contributed by atoms with E-state index in [1.165, 1.54) is 7.11 Å². The van der Waals surface area contributed by atoms with E-state index < -0.39 is 5.97 Å². The number of nitriles is 1.